The first-order chi connectivity index (χ1) is 8.19. The van der Waals surface area contributed by atoms with Gasteiger partial charge in [-0.2, -0.15) is 0 Å². The Hall–Kier alpha value is -0.590. The van der Waals surface area contributed by atoms with Crippen molar-refractivity contribution in [1.82, 2.24) is 0 Å². The highest BCUT2D eigenvalue weighted by atomic mass is 127. The van der Waals surface area contributed by atoms with Crippen molar-refractivity contribution in [3.63, 3.8) is 0 Å². The number of halogens is 2. The maximum absolute atomic E-state index is 5.80. The molecule has 0 spiro atoms. The van der Waals surface area contributed by atoms with E-state index in [1.807, 2.05) is 42.5 Å². The number of rotatable bonds is 3. The van der Waals surface area contributed by atoms with Gasteiger partial charge in [0.05, 0.1) is 4.47 Å². The Labute approximate surface area is 122 Å². The van der Waals surface area contributed by atoms with Crippen LogP contribution in [0.15, 0.2) is 46.9 Å². The second-order valence-electron chi connectivity index (χ2n) is 3.53. The molecule has 0 fully saturated rings. The molecule has 0 aliphatic heterocycles. The number of nitrogens with two attached hydrogens (primary N) is 1. The van der Waals surface area contributed by atoms with E-state index < -0.39 is 0 Å². The summed E-state index contributed by atoms with van der Waals surface area (Å²) in [4.78, 5) is 0. The zero-order valence-electron chi connectivity index (χ0n) is 8.99. The van der Waals surface area contributed by atoms with Gasteiger partial charge in [-0.15, -0.1) is 0 Å². The largest absolute Gasteiger partial charge is 0.456 e. The minimum absolute atomic E-state index is 0.530. The van der Waals surface area contributed by atoms with Crippen molar-refractivity contribution in [3.05, 3.63) is 56.1 Å². The minimum Gasteiger partial charge on any atom is -0.456 e. The molecule has 2 aromatic rings. The van der Waals surface area contributed by atoms with E-state index in [0.717, 1.165) is 25.1 Å². The van der Waals surface area contributed by atoms with Gasteiger partial charge in [-0.3, -0.25) is 0 Å². The van der Waals surface area contributed by atoms with Crippen LogP contribution in [0.1, 0.15) is 5.56 Å². The van der Waals surface area contributed by atoms with E-state index in [2.05, 4.69) is 38.5 Å². The fourth-order valence-electron chi connectivity index (χ4n) is 1.41. The van der Waals surface area contributed by atoms with Crippen LogP contribution in [0.3, 0.4) is 0 Å². The molecule has 0 aromatic heterocycles. The van der Waals surface area contributed by atoms with Gasteiger partial charge < -0.3 is 10.5 Å². The van der Waals surface area contributed by atoms with Gasteiger partial charge in [0.25, 0.3) is 0 Å². The summed E-state index contributed by atoms with van der Waals surface area (Å²) < 4.78 is 7.86. The minimum atomic E-state index is 0.530. The molecule has 0 saturated heterocycles. The molecule has 2 N–H and O–H groups in total. The summed E-state index contributed by atoms with van der Waals surface area (Å²) in [5.41, 5.74) is 6.65. The zero-order valence-corrected chi connectivity index (χ0v) is 12.7. The topological polar surface area (TPSA) is 35.2 Å². The lowest BCUT2D eigenvalue weighted by Gasteiger charge is -2.09. The highest BCUT2D eigenvalue weighted by molar-refractivity contribution is 14.1. The van der Waals surface area contributed by atoms with E-state index in [0.29, 0.717) is 6.54 Å². The molecule has 88 valence electrons. The summed E-state index contributed by atoms with van der Waals surface area (Å²) in [6, 6.07) is 13.8. The molecule has 0 aliphatic rings. The normalized spacial score (nSPS) is 10.3. The van der Waals surface area contributed by atoms with Gasteiger partial charge in [0, 0.05) is 10.1 Å². The van der Waals surface area contributed by atoms with Crippen LogP contribution in [0.25, 0.3) is 0 Å². The Balaban J connectivity index is 2.24. The van der Waals surface area contributed by atoms with Crippen molar-refractivity contribution < 1.29 is 4.74 Å². The zero-order chi connectivity index (χ0) is 12.3. The molecule has 0 radical (unpaired) electrons. The second kappa shape index (κ2) is 5.84. The van der Waals surface area contributed by atoms with E-state index in [1.165, 1.54) is 0 Å². The summed E-state index contributed by atoms with van der Waals surface area (Å²) in [5.74, 6) is 1.63. The fraction of sp³-hybridized carbons (Fsp3) is 0.0769. The first-order valence-corrected chi connectivity index (χ1v) is 6.98. The number of hydrogen-bond donors (Lipinski definition) is 1. The summed E-state index contributed by atoms with van der Waals surface area (Å²) >= 11 is 5.74. The summed E-state index contributed by atoms with van der Waals surface area (Å²) in [6.45, 7) is 0.530. The Morgan fingerprint density at radius 3 is 2.65 bits per heavy atom. The smallest absolute Gasteiger partial charge is 0.141 e. The van der Waals surface area contributed by atoms with E-state index in [4.69, 9.17) is 10.5 Å². The molecule has 0 aliphatic carbocycles. The lowest BCUT2D eigenvalue weighted by molar-refractivity contribution is 0.479. The van der Waals surface area contributed by atoms with Crippen molar-refractivity contribution in [2.75, 3.05) is 0 Å². The highest BCUT2D eigenvalue weighted by Crippen LogP contribution is 2.30. The van der Waals surface area contributed by atoms with Crippen molar-refractivity contribution in [2.45, 2.75) is 6.54 Å². The first-order valence-electron chi connectivity index (χ1n) is 5.11. The number of benzene rings is 2. The molecule has 2 rings (SSSR count). The molecular weight excluding hydrogens is 393 g/mol. The van der Waals surface area contributed by atoms with Crippen LogP contribution in [0.4, 0.5) is 0 Å². The Morgan fingerprint density at radius 2 is 2.00 bits per heavy atom. The van der Waals surface area contributed by atoms with Gasteiger partial charge in [0.15, 0.2) is 0 Å². The van der Waals surface area contributed by atoms with Crippen molar-refractivity contribution in [2.24, 2.45) is 5.73 Å². The molecule has 0 amide bonds. The van der Waals surface area contributed by atoms with Gasteiger partial charge in [-0.1, -0.05) is 12.1 Å². The molecule has 0 heterocycles. The Kier molecular flexibility index (Phi) is 4.42. The van der Waals surface area contributed by atoms with Gasteiger partial charge in [-0.25, -0.2) is 0 Å². The van der Waals surface area contributed by atoms with Crippen LogP contribution in [0.5, 0.6) is 11.5 Å². The molecular formula is C13H11BrINO. The standard InChI is InChI=1S/C13H11BrINO/c14-12-6-9(8-16)4-5-13(12)17-11-3-1-2-10(15)7-11/h1-7H,8,16H2. The quantitative estimate of drug-likeness (QED) is 0.775. The van der Waals surface area contributed by atoms with Crippen LogP contribution in [-0.2, 0) is 6.54 Å². The molecule has 0 saturated carbocycles. The number of ether oxygens (including phenoxy) is 1. The molecule has 2 aromatic carbocycles. The third-order valence-electron chi connectivity index (χ3n) is 2.26. The third kappa shape index (κ3) is 3.43. The average molecular weight is 404 g/mol. The van der Waals surface area contributed by atoms with Gasteiger partial charge in [0.2, 0.25) is 0 Å². The fourth-order valence-corrected chi connectivity index (χ4v) is 2.43. The molecule has 17 heavy (non-hydrogen) atoms. The van der Waals surface area contributed by atoms with Crippen LogP contribution in [0.2, 0.25) is 0 Å². The molecule has 0 unspecified atom stereocenters. The van der Waals surface area contributed by atoms with Gasteiger partial charge in [0.1, 0.15) is 11.5 Å². The van der Waals surface area contributed by atoms with Crippen LogP contribution < -0.4 is 10.5 Å². The van der Waals surface area contributed by atoms with Gasteiger partial charge in [-0.05, 0) is 74.4 Å². The monoisotopic (exact) mass is 403 g/mol. The van der Waals surface area contributed by atoms with Crippen LogP contribution in [-0.4, -0.2) is 0 Å². The molecule has 2 nitrogen and oxygen atoms in total. The summed E-state index contributed by atoms with van der Waals surface area (Å²) in [6.07, 6.45) is 0. The van der Waals surface area contributed by atoms with E-state index in [1.54, 1.807) is 0 Å². The van der Waals surface area contributed by atoms with E-state index in [-0.39, 0.29) is 0 Å². The second-order valence-corrected chi connectivity index (χ2v) is 5.63. The summed E-state index contributed by atoms with van der Waals surface area (Å²) in [5, 5.41) is 0. The first kappa shape index (κ1) is 12.9. The van der Waals surface area contributed by atoms with Crippen molar-refractivity contribution in [3.8, 4) is 11.5 Å². The maximum Gasteiger partial charge on any atom is 0.141 e. The predicted octanol–water partition coefficient (Wildman–Crippen LogP) is 4.30. The van der Waals surface area contributed by atoms with Crippen LogP contribution >= 0.6 is 38.5 Å². The Morgan fingerprint density at radius 1 is 1.18 bits per heavy atom. The molecule has 4 heteroatoms. The average Bonchev–Trinajstić information content (AvgIpc) is 2.32. The maximum atomic E-state index is 5.80. The molecule has 0 atom stereocenters. The van der Waals surface area contributed by atoms with Crippen LogP contribution in [0, 0.1) is 3.57 Å². The highest BCUT2D eigenvalue weighted by Gasteiger charge is 2.03. The lowest BCUT2D eigenvalue weighted by Crippen LogP contribution is -1.96. The summed E-state index contributed by atoms with van der Waals surface area (Å²) in [7, 11) is 0. The van der Waals surface area contributed by atoms with E-state index >= 15 is 0 Å². The Bertz CT molecular complexity index is 531. The van der Waals surface area contributed by atoms with Crippen molar-refractivity contribution in [1.29, 1.82) is 0 Å². The van der Waals surface area contributed by atoms with E-state index in [9.17, 15) is 0 Å². The lowest BCUT2D eigenvalue weighted by atomic mass is 10.2. The predicted molar refractivity (Wildman–Crippen MR) is 81.3 cm³/mol. The third-order valence-corrected chi connectivity index (χ3v) is 3.55. The SMILES string of the molecule is NCc1ccc(Oc2cccc(I)c2)c(Br)c1. The molecule has 0 bridgehead atoms. The van der Waals surface area contributed by atoms with Gasteiger partial charge >= 0.3 is 0 Å². The van der Waals surface area contributed by atoms with Crippen molar-refractivity contribution >= 4 is 38.5 Å². The number of hydrogen-bond acceptors (Lipinski definition) is 2.